The van der Waals surface area contributed by atoms with Gasteiger partial charge in [-0.15, -0.1) is 5.10 Å². The van der Waals surface area contributed by atoms with E-state index in [1.807, 2.05) is 16.8 Å². The van der Waals surface area contributed by atoms with E-state index >= 15 is 0 Å². The molecule has 100 valence electrons. The molecule has 2 N–H and O–H groups in total. The SMILES string of the molecule is COc1cc(N)cc(-c2nnnn2CC2CCC2)c1. The van der Waals surface area contributed by atoms with Gasteiger partial charge in [0.1, 0.15) is 5.75 Å². The van der Waals surface area contributed by atoms with Crippen molar-refractivity contribution in [3.63, 3.8) is 0 Å². The van der Waals surface area contributed by atoms with E-state index in [-0.39, 0.29) is 0 Å². The molecule has 1 aliphatic carbocycles. The fourth-order valence-corrected chi connectivity index (χ4v) is 2.32. The smallest absolute Gasteiger partial charge is 0.182 e. The zero-order chi connectivity index (χ0) is 13.2. The van der Waals surface area contributed by atoms with Crippen LogP contribution in [0.4, 0.5) is 5.69 Å². The maximum atomic E-state index is 5.87. The van der Waals surface area contributed by atoms with Crippen molar-refractivity contribution in [3.8, 4) is 17.1 Å². The van der Waals surface area contributed by atoms with E-state index in [0.717, 1.165) is 17.9 Å². The summed E-state index contributed by atoms with van der Waals surface area (Å²) in [5, 5.41) is 12.0. The maximum absolute atomic E-state index is 5.87. The Labute approximate surface area is 111 Å². The molecule has 1 aromatic carbocycles. The van der Waals surface area contributed by atoms with Crippen LogP contribution in [0.3, 0.4) is 0 Å². The third-order valence-corrected chi connectivity index (χ3v) is 3.61. The molecule has 3 rings (SSSR count). The molecular formula is C13H17N5O. The van der Waals surface area contributed by atoms with Crippen LogP contribution in [-0.4, -0.2) is 27.3 Å². The lowest BCUT2D eigenvalue weighted by atomic mass is 9.85. The second-order valence-corrected chi connectivity index (χ2v) is 4.98. The van der Waals surface area contributed by atoms with E-state index < -0.39 is 0 Å². The number of nitrogens with zero attached hydrogens (tertiary/aromatic N) is 4. The van der Waals surface area contributed by atoms with Gasteiger partial charge in [0.05, 0.1) is 7.11 Å². The van der Waals surface area contributed by atoms with Crippen LogP contribution in [0.1, 0.15) is 19.3 Å². The molecule has 0 aliphatic heterocycles. The number of methoxy groups -OCH3 is 1. The van der Waals surface area contributed by atoms with Crippen LogP contribution in [0.25, 0.3) is 11.4 Å². The Balaban J connectivity index is 1.92. The minimum Gasteiger partial charge on any atom is -0.497 e. The standard InChI is InChI=1S/C13H17N5O/c1-19-12-6-10(5-11(14)7-12)13-15-16-17-18(13)8-9-3-2-4-9/h5-7,9H,2-4,8,14H2,1H3. The van der Waals surface area contributed by atoms with E-state index in [1.54, 1.807) is 13.2 Å². The summed E-state index contributed by atoms with van der Waals surface area (Å²) in [6.45, 7) is 0.874. The summed E-state index contributed by atoms with van der Waals surface area (Å²) in [6.07, 6.45) is 3.84. The minimum atomic E-state index is 0.646. The molecule has 0 atom stereocenters. The lowest BCUT2D eigenvalue weighted by Gasteiger charge is -2.25. The Kier molecular flexibility index (Phi) is 3.06. The van der Waals surface area contributed by atoms with Crippen LogP contribution in [0, 0.1) is 5.92 Å². The Morgan fingerprint density at radius 3 is 2.89 bits per heavy atom. The number of nitrogen functional groups attached to an aromatic ring is 1. The molecule has 0 radical (unpaired) electrons. The molecule has 1 aromatic heterocycles. The number of hydrogen-bond acceptors (Lipinski definition) is 5. The van der Waals surface area contributed by atoms with Crippen molar-refractivity contribution in [1.29, 1.82) is 0 Å². The highest BCUT2D eigenvalue weighted by molar-refractivity contribution is 5.64. The number of ether oxygens (including phenoxy) is 1. The van der Waals surface area contributed by atoms with Crippen molar-refractivity contribution in [1.82, 2.24) is 20.2 Å². The third kappa shape index (κ3) is 2.38. The molecule has 0 spiro atoms. The molecule has 0 bridgehead atoms. The highest BCUT2D eigenvalue weighted by Crippen LogP contribution is 2.30. The van der Waals surface area contributed by atoms with Gasteiger partial charge in [-0.2, -0.15) is 0 Å². The molecule has 0 unspecified atom stereocenters. The van der Waals surface area contributed by atoms with Crippen molar-refractivity contribution in [2.24, 2.45) is 5.92 Å². The normalized spacial score (nSPS) is 15.2. The molecule has 1 aliphatic rings. The topological polar surface area (TPSA) is 78.8 Å². The molecule has 2 aromatic rings. The summed E-state index contributed by atoms with van der Waals surface area (Å²) >= 11 is 0. The average Bonchev–Trinajstić information content (AvgIpc) is 2.81. The van der Waals surface area contributed by atoms with Gasteiger partial charge in [-0.25, -0.2) is 4.68 Å². The fraction of sp³-hybridized carbons (Fsp3) is 0.462. The van der Waals surface area contributed by atoms with Crippen molar-refractivity contribution in [2.75, 3.05) is 12.8 Å². The minimum absolute atomic E-state index is 0.646. The number of benzene rings is 1. The third-order valence-electron chi connectivity index (χ3n) is 3.61. The summed E-state index contributed by atoms with van der Waals surface area (Å²) in [5.74, 6) is 2.16. The first-order chi connectivity index (χ1) is 9.26. The first-order valence-electron chi connectivity index (χ1n) is 6.47. The number of rotatable bonds is 4. The van der Waals surface area contributed by atoms with Gasteiger partial charge < -0.3 is 10.5 Å². The van der Waals surface area contributed by atoms with Gasteiger partial charge in [-0.1, -0.05) is 6.42 Å². The second kappa shape index (κ2) is 4.87. The van der Waals surface area contributed by atoms with Crippen LogP contribution in [-0.2, 0) is 6.54 Å². The van der Waals surface area contributed by atoms with Gasteiger partial charge in [-0.05, 0) is 41.3 Å². The van der Waals surface area contributed by atoms with Crippen molar-refractivity contribution < 1.29 is 4.74 Å². The molecule has 1 heterocycles. The summed E-state index contributed by atoms with van der Waals surface area (Å²) in [7, 11) is 1.62. The summed E-state index contributed by atoms with van der Waals surface area (Å²) in [5.41, 5.74) is 7.41. The predicted octanol–water partition coefficient (Wildman–Crippen LogP) is 1.73. The summed E-state index contributed by atoms with van der Waals surface area (Å²) in [6, 6.07) is 5.55. The van der Waals surface area contributed by atoms with Gasteiger partial charge in [-0.3, -0.25) is 0 Å². The van der Waals surface area contributed by atoms with Gasteiger partial charge >= 0.3 is 0 Å². The molecule has 6 nitrogen and oxygen atoms in total. The van der Waals surface area contributed by atoms with Crippen LogP contribution in [0.2, 0.25) is 0 Å². The van der Waals surface area contributed by atoms with Crippen molar-refractivity contribution in [2.45, 2.75) is 25.8 Å². The predicted molar refractivity (Wildman–Crippen MR) is 71.6 cm³/mol. The Bertz CT molecular complexity index is 576. The molecule has 0 saturated heterocycles. The lowest BCUT2D eigenvalue weighted by Crippen LogP contribution is -2.19. The van der Waals surface area contributed by atoms with Crippen LogP contribution in [0.15, 0.2) is 18.2 Å². The van der Waals surface area contributed by atoms with Gasteiger partial charge in [0, 0.05) is 23.9 Å². The Morgan fingerprint density at radius 2 is 2.21 bits per heavy atom. The number of hydrogen-bond donors (Lipinski definition) is 1. The molecule has 0 amide bonds. The molecule has 1 fully saturated rings. The molecule has 6 heteroatoms. The van der Waals surface area contributed by atoms with E-state index in [1.165, 1.54) is 19.3 Å². The average molecular weight is 259 g/mol. The number of tetrazole rings is 1. The number of nitrogens with two attached hydrogens (primary N) is 1. The number of anilines is 1. The summed E-state index contributed by atoms with van der Waals surface area (Å²) < 4.78 is 7.09. The van der Waals surface area contributed by atoms with Crippen molar-refractivity contribution in [3.05, 3.63) is 18.2 Å². The fourth-order valence-electron chi connectivity index (χ4n) is 2.32. The van der Waals surface area contributed by atoms with Crippen LogP contribution in [0.5, 0.6) is 5.75 Å². The first kappa shape index (κ1) is 12.0. The van der Waals surface area contributed by atoms with E-state index in [2.05, 4.69) is 15.5 Å². The monoisotopic (exact) mass is 259 g/mol. The maximum Gasteiger partial charge on any atom is 0.182 e. The van der Waals surface area contributed by atoms with Gasteiger partial charge in [0.15, 0.2) is 5.82 Å². The quantitative estimate of drug-likeness (QED) is 0.846. The molecule has 1 saturated carbocycles. The zero-order valence-corrected chi connectivity index (χ0v) is 10.9. The van der Waals surface area contributed by atoms with Crippen molar-refractivity contribution >= 4 is 5.69 Å². The second-order valence-electron chi connectivity index (χ2n) is 4.98. The van der Waals surface area contributed by atoms with E-state index in [0.29, 0.717) is 17.4 Å². The molecular weight excluding hydrogens is 242 g/mol. The van der Waals surface area contributed by atoms with E-state index in [9.17, 15) is 0 Å². The van der Waals surface area contributed by atoms with Gasteiger partial charge in [0.2, 0.25) is 0 Å². The highest BCUT2D eigenvalue weighted by Gasteiger charge is 2.21. The Hall–Kier alpha value is -2.11. The largest absolute Gasteiger partial charge is 0.497 e. The first-order valence-corrected chi connectivity index (χ1v) is 6.47. The molecule has 19 heavy (non-hydrogen) atoms. The van der Waals surface area contributed by atoms with Crippen LogP contribution >= 0.6 is 0 Å². The van der Waals surface area contributed by atoms with Gasteiger partial charge in [0.25, 0.3) is 0 Å². The zero-order valence-electron chi connectivity index (χ0n) is 10.9. The lowest BCUT2D eigenvalue weighted by molar-refractivity contribution is 0.265. The summed E-state index contributed by atoms with van der Waals surface area (Å²) in [4.78, 5) is 0. The number of aromatic nitrogens is 4. The van der Waals surface area contributed by atoms with E-state index in [4.69, 9.17) is 10.5 Å². The van der Waals surface area contributed by atoms with Crippen LogP contribution < -0.4 is 10.5 Å². The Morgan fingerprint density at radius 1 is 1.37 bits per heavy atom. The highest BCUT2D eigenvalue weighted by atomic mass is 16.5.